The molecule has 33 heavy (non-hydrogen) atoms. The highest BCUT2D eigenvalue weighted by Gasteiger charge is 2.28. The number of carbonyl (C=O) groups excluding carboxylic acids is 1. The summed E-state index contributed by atoms with van der Waals surface area (Å²) in [4.78, 5) is 13.0. The second-order valence-corrected chi connectivity index (χ2v) is 12.3. The summed E-state index contributed by atoms with van der Waals surface area (Å²) in [5.74, 6) is 0.925. The van der Waals surface area contributed by atoms with Crippen molar-refractivity contribution in [2.75, 3.05) is 21.9 Å². The largest absolute Gasteiger partial charge is 0.299 e. The predicted molar refractivity (Wildman–Crippen MR) is 136 cm³/mol. The van der Waals surface area contributed by atoms with E-state index in [2.05, 4.69) is 29.4 Å². The molecule has 0 saturated heterocycles. The van der Waals surface area contributed by atoms with Crippen molar-refractivity contribution in [3.05, 3.63) is 59.2 Å². The maximum atomic E-state index is 13.5. The maximum Gasteiger partial charge on any atom is 0.264 e. The van der Waals surface area contributed by atoms with E-state index in [1.54, 1.807) is 48.2 Å². The van der Waals surface area contributed by atoms with E-state index < -0.39 is 15.9 Å². The molecule has 0 aliphatic rings. The van der Waals surface area contributed by atoms with Gasteiger partial charge in [-0.2, -0.15) is 0 Å². The van der Waals surface area contributed by atoms with Crippen LogP contribution in [0.5, 0.6) is 0 Å². The maximum absolute atomic E-state index is 13.5. The van der Waals surface area contributed by atoms with E-state index >= 15 is 0 Å². The minimum atomic E-state index is -3.97. The van der Waals surface area contributed by atoms with Crippen LogP contribution in [-0.2, 0) is 14.8 Å². The molecular weight excluding hydrogens is 476 g/mol. The number of aryl methyl sites for hydroxylation is 3. The van der Waals surface area contributed by atoms with Crippen LogP contribution < -0.4 is 9.62 Å². The Morgan fingerprint density at radius 1 is 1.06 bits per heavy atom. The van der Waals surface area contributed by atoms with Crippen molar-refractivity contribution in [2.45, 2.75) is 43.9 Å². The lowest BCUT2D eigenvalue weighted by Gasteiger charge is -2.24. The average molecular weight is 505 g/mol. The van der Waals surface area contributed by atoms with Gasteiger partial charge in [0, 0.05) is 5.75 Å². The summed E-state index contributed by atoms with van der Waals surface area (Å²) in [6.45, 7) is 9.61. The third-order valence-electron chi connectivity index (χ3n) is 4.87. The topological polar surface area (TPSA) is 92.3 Å². The second-order valence-electron chi connectivity index (χ2n) is 8.22. The Morgan fingerprint density at radius 2 is 1.76 bits per heavy atom. The van der Waals surface area contributed by atoms with Gasteiger partial charge in [0.05, 0.1) is 10.6 Å². The van der Waals surface area contributed by atoms with Crippen LogP contribution in [0.15, 0.2) is 51.7 Å². The van der Waals surface area contributed by atoms with Crippen LogP contribution >= 0.6 is 23.1 Å². The Bertz CT molecular complexity index is 1220. The zero-order valence-electron chi connectivity index (χ0n) is 19.3. The lowest BCUT2D eigenvalue weighted by atomic mass is 10.1. The van der Waals surface area contributed by atoms with E-state index in [-0.39, 0.29) is 11.4 Å². The molecule has 0 radical (unpaired) electrons. The zero-order valence-corrected chi connectivity index (χ0v) is 21.8. The molecule has 1 aromatic heterocycles. The Kier molecular flexibility index (Phi) is 8.14. The second kappa shape index (κ2) is 10.7. The van der Waals surface area contributed by atoms with Gasteiger partial charge in [0.15, 0.2) is 4.34 Å². The minimum absolute atomic E-state index is 0.127. The fourth-order valence-corrected chi connectivity index (χ4v) is 6.04. The third kappa shape index (κ3) is 6.55. The predicted octanol–water partition coefficient (Wildman–Crippen LogP) is 5.05. The lowest BCUT2D eigenvalue weighted by molar-refractivity contribution is -0.114. The van der Waals surface area contributed by atoms with Crippen molar-refractivity contribution in [1.82, 2.24) is 10.2 Å². The first-order chi connectivity index (χ1) is 15.6. The number of sulfonamides is 1. The summed E-state index contributed by atoms with van der Waals surface area (Å²) in [6, 6.07) is 11.9. The van der Waals surface area contributed by atoms with Crippen molar-refractivity contribution in [2.24, 2.45) is 5.92 Å². The van der Waals surface area contributed by atoms with E-state index in [4.69, 9.17) is 0 Å². The van der Waals surface area contributed by atoms with Crippen LogP contribution in [0.3, 0.4) is 0 Å². The molecule has 0 aliphatic heterocycles. The Hall–Kier alpha value is -2.43. The SMILES string of the molecule is Cc1ccc(S(=O)(=O)N(CC(=O)Nc2nnc(SCC(C)C)s2)c2ccc(C)c(C)c2)cc1. The number of rotatable bonds is 9. The first kappa shape index (κ1) is 25.2. The van der Waals surface area contributed by atoms with Crippen LogP contribution in [0.25, 0.3) is 0 Å². The van der Waals surface area contributed by atoms with Crippen molar-refractivity contribution < 1.29 is 13.2 Å². The van der Waals surface area contributed by atoms with Gasteiger partial charge in [-0.05, 0) is 62.1 Å². The van der Waals surface area contributed by atoms with Crippen molar-refractivity contribution in [3.63, 3.8) is 0 Å². The molecule has 0 atom stereocenters. The van der Waals surface area contributed by atoms with Crippen LogP contribution in [0, 0.1) is 26.7 Å². The third-order valence-corrected chi connectivity index (χ3v) is 9.05. The quantitative estimate of drug-likeness (QED) is 0.324. The Labute approximate surface area is 203 Å². The number of hydrogen-bond donors (Lipinski definition) is 1. The zero-order chi connectivity index (χ0) is 24.2. The monoisotopic (exact) mass is 504 g/mol. The number of carbonyl (C=O) groups is 1. The number of benzene rings is 2. The molecule has 0 unspecified atom stereocenters. The molecular formula is C23H28N4O3S3. The normalized spacial score (nSPS) is 11.6. The molecule has 7 nitrogen and oxygen atoms in total. The number of anilines is 2. The molecule has 3 rings (SSSR count). The van der Waals surface area contributed by atoms with Gasteiger partial charge in [-0.3, -0.25) is 14.4 Å². The number of hydrogen-bond acceptors (Lipinski definition) is 7. The van der Waals surface area contributed by atoms with Crippen LogP contribution in [-0.4, -0.2) is 36.8 Å². The molecule has 0 saturated carbocycles. The fraction of sp³-hybridized carbons (Fsp3) is 0.348. The van der Waals surface area contributed by atoms with Crippen LogP contribution in [0.4, 0.5) is 10.8 Å². The highest BCUT2D eigenvalue weighted by Crippen LogP contribution is 2.28. The highest BCUT2D eigenvalue weighted by molar-refractivity contribution is 8.01. The molecule has 1 heterocycles. The standard InChI is InChI=1S/C23H28N4O3S3/c1-15(2)14-31-23-26-25-22(32-23)24-21(28)13-27(19-9-8-17(4)18(5)12-19)33(29,30)20-10-6-16(3)7-11-20/h6-12,15H,13-14H2,1-5H3,(H,24,25,28). The summed E-state index contributed by atoms with van der Waals surface area (Å²) < 4.78 is 28.9. The lowest BCUT2D eigenvalue weighted by Crippen LogP contribution is -2.38. The first-order valence-electron chi connectivity index (χ1n) is 10.5. The van der Waals surface area contributed by atoms with E-state index in [0.717, 1.165) is 31.1 Å². The van der Waals surface area contributed by atoms with E-state index in [0.29, 0.717) is 16.7 Å². The summed E-state index contributed by atoms with van der Waals surface area (Å²) in [5, 5.41) is 11.1. The van der Waals surface area contributed by atoms with Crippen LogP contribution in [0.1, 0.15) is 30.5 Å². The summed E-state index contributed by atoms with van der Waals surface area (Å²) in [5.41, 5.74) is 3.36. The summed E-state index contributed by atoms with van der Waals surface area (Å²) in [6.07, 6.45) is 0. The first-order valence-corrected chi connectivity index (χ1v) is 13.7. The van der Waals surface area contributed by atoms with Gasteiger partial charge in [-0.1, -0.05) is 60.7 Å². The molecule has 2 aromatic carbocycles. The molecule has 0 bridgehead atoms. The Morgan fingerprint density at radius 3 is 2.39 bits per heavy atom. The molecule has 1 amide bonds. The molecule has 0 aliphatic carbocycles. The average Bonchev–Trinajstić information content (AvgIpc) is 3.20. The van der Waals surface area contributed by atoms with Gasteiger partial charge in [0.25, 0.3) is 10.0 Å². The number of nitrogens with zero attached hydrogens (tertiary/aromatic N) is 3. The molecule has 0 spiro atoms. The number of nitrogens with one attached hydrogen (secondary N) is 1. The van der Waals surface area contributed by atoms with Crippen molar-refractivity contribution in [1.29, 1.82) is 0 Å². The number of thioether (sulfide) groups is 1. The van der Waals surface area contributed by atoms with Gasteiger partial charge in [0.2, 0.25) is 11.0 Å². The van der Waals surface area contributed by atoms with Crippen LogP contribution in [0.2, 0.25) is 0 Å². The molecule has 0 fully saturated rings. The highest BCUT2D eigenvalue weighted by atomic mass is 32.2. The van der Waals surface area contributed by atoms with E-state index in [1.807, 2.05) is 26.8 Å². The summed E-state index contributed by atoms with van der Waals surface area (Å²) in [7, 11) is -3.97. The van der Waals surface area contributed by atoms with Gasteiger partial charge in [-0.15, -0.1) is 10.2 Å². The molecule has 1 N–H and O–H groups in total. The van der Waals surface area contributed by atoms with Crippen molar-refractivity contribution in [3.8, 4) is 0 Å². The van der Waals surface area contributed by atoms with Crippen molar-refractivity contribution >= 4 is 49.8 Å². The van der Waals surface area contributed by atoms with Gasteiger partial charge in [0.1, 0.15) is 6.54 Å². The van der Waals surface area contributed by atoms with Gasteiger partial charge in [-0.25, -0.2) is 8.42 Å². The van der Waals surface area contributed by atoms with E-state index in [1.165, 1.54) is 11.3 Å². The fourth-order valence-electron chi connectivity index (χ4n) is 2.88. The molecule has 176 valence electrons. The number of aromatic nitrogens is 2. The molecule has 10 heteroatoms. The number of amides is 1. The van der Waals surface area contributed by atoms with E-state index in [9.17, 15) is 13.2 Å². The summed E-state index contributed by atoms with van der Waals surface area (Å²) >= 11 is 2.86. The van der Waals surface area contributed by atoms with Gasteiger partial charge < -0.3 is 0 Å². The minimum Gasteiger partial charge on any atom is -0.299 e. The van der Waals surface area contributed by atoms with Gasteiger partial charge >= 0.3 is 0 Å². The molecule has 3 aromatic rings. The smallest absolute Gasteiger partial charge is 0.264 e. The Balaban J connectivity index is 1.86.